The van der Waals surface area contributed by atoms with Crippen LogP contribution in [0.3, 0.4) is 0 Å². The molecule has 0 aliphatic heterocycles. The smallest absolute Gasteiger partial charge is 0.216 e. The molecule has 1 aliphatic carbocycles. The normalized spacial score (nSPS) is 15.9. The maximum atomic E-state index is 13.0. The highest BCUT2D eigenvalue weighted by atomic mass is 32.2. The largest absolute Gasteiger partial charge is 0.399 e. The summed E-state index contributed by atoms with van der Waals surface area (Å²) in [5.41, 5.74) is 7.95. The minimum Gasteiger partial charge on any atom is -0.399 e. The van der Waals surface area contributed by atoms with Crippen molar-refractivity contribution in [1.82, 2.24) is 4.57 Å². The van der Waals surface area contributed by atoms with Crippen LogP contribution in [0.15, 0.2) is 64.5 Å². The topological polar surface area (TPSA) is 88.9 Å². The van der Waals surface area contributed by atoms with Crippen LogP contribution in [-0.4, -0.2) is 13.0 Å². The highest BCUT2D eigenvalue weighted by molar-refractivity contribution is 7.95. The van der Waals surface area contributed by atoms with Gasteiger partial charge in [0.05, 0.1) is 4.90 Å². The van der Waals surface area contributed by atoms with Gasteiger partial charge in [-0.2, -0.15) is 5.26 Å². The third-order valence-corrected chi connectivity index (χ3v) is 7.56. The summed E-state index contributed by atoms with van der Waals surface area (Å²) in [7, 11) is -3.92. The fourth-order valence-corrected chi connectivity index (χ4v) is 5.42. The van der Waals surface area contributed by atoms with Crippen LogP contribution >= 0.6 is 0 Å². The Labute approximate surface area is 177 Å². The molecule has 0 amide bonds. The molecule has 1 aliphatic rings. The molecule has 0 bridgehead atoms. The number of nitriles is 1. The molecule has 0 radical (unpaired) electrons. The average Bonchev–Trinajstić information content (AvgIpc) is 3.10. The number of hydrogen-bond acceptors (Lipinski definition) is 4. The van der Waals surface area contributed by atoms with E-state index in [9.17, 15) is 13.7 Å². The maximum absolute atomic E-state index is 13.0. The molecule has 6 heteroatoms. The molecular formula is C24H25N3O2S. The predicted molar refractivity (Wildman–Crippen MR) is 120 cm³/mol. The van der Waals surface area contributed by atoms with E-state index in [1.54, 1.807) is 0 Å². The Hall–Kier alpha value is -3.04. The number of fused-ring (bicyclic) bond motifs is 1. The number of nitrogens with zero attached hydrogens (tertiary/aromatic N) is 2. The molecule has 1 fully saturated rings. The first-order valence-corrected chi connectivity index (χ1v) is 11.8. The quantitative estimate of drug-likeness (QED) is 0.458. The Balaban J connectivity index is 1.75. The summed E-state index contributed by atoms with van der Waals surface area (Å²) in [5.74, 6) is 0.639. The molecule has 2 N–H and O–H groups in total. The van der Waals surface area contributed by atoms with Crippen LogP contribution in [0.25, 0.3) is 17.0 Å². The number of benzene rings is 2. The first kappa shape index (κ1) is 20.2. The van der Waals surface area contributed by atoms with Gasteiger partial charge in [0.1, 0.15) is 11.0 Å². The first-order valence-electron chi connectivity index (χ1n) is 10.3. The van der Waals surface area contributed by atoms with E-state index in [0.29, 0.717) is 11.6 Å². The van der Waals surface area contributed by atoms with Crippen LogP contribution in [-0.2, 0) is 16.4 Å². The average molecular weight is 420 g/mol. The lowest BCUT2D eigenvalue weighted by molar-refractivity contribution is 0.322. The zero-order valence-electron chi connectivity index (χ0n) is 16.8. The number of nitrogen functional groups attached to an aromatic ring is 1. The molecular weight excluding hydrogens is 394 g/mol. The number of anilines is 1. The van der Waals surface area contributed by atoms with E-state index in [1.807, 2.05) is 30.5 Å². The Morgan fingerprint density at radius 1 is 1.10 bits per heavy atom. The number of allylic oxidation sites excluding steroid dienone is 1. The third-order valence-electron chi connectivity index (χ3n) is 5.88. The van der Waals surface area contributed by atoms with Crippen LogP contribution in [0.5, 0.6) is 0 Å². The van der Waals surface area contributed by atoms with Gasteiger partial charge in [-0.1, -0.05) is 37.5 Å². The van der Waals surface area contributed by atoms with Gasteiger partial charge >= 0.3 is 0 Å². The van der Waals surface area contributed by atoms with Crippen LogP contribution in [0.1, 0.15) is 37.7 Å². The van der Waals surface area contributed by atoms with Gasteiger partial charge in [-0.25, -0.2) is 8.42 Å². The summed E-state index contributed by atoms with van der Waals surface area (Å²) in [6, 6.07) is 15.8. The number of rotatable bonds is 5. The number of hydrogen-bond donors (Lipinski definition) is 1. The fraction of sp³-hybridized carbons (Fsp3) is 0.292. The highest BCUT2D eigenvalue weighted by Crippen LogP contribution is 2.30. The molecule has 2 aromatic carbocycles. The van der Waals surface area contributed by atoms with Crippen LogP contribution in [0, 0.1) is 17.2 Å². The lowest BCUT2D eigenvalue weighted by Gasteiger charge is -2.22. The van der Waals surface area contributed by atoms with E-state index < -0.39 is 9.84 Å². The standard InChI is InChI=1S/C24H25N3O2S/c25-15-22(30(28,29)21-12-10-20(26)11-13-21)14-19-17-27(16-18-6-2-1-3-7-18)24-9-5-4-8-23(19)24/h4-5,8-14,17-18H,1-3,6-7,16,26H2/b22-14+. The van der Waals surface area contributed by atoms with Gasteiger partial charge in [0.25, 0.3) is 0 Å². The molecule has 4 rings (SSSR count). The van der Waals surface area contributed by atoms with E-state index in [1.165, 1.54) is 62.4 Å². The van der Waals surface area contributed by atoms with Crippen molar-refractivity contribution in [2.45, 2.75) is 43.5 Å². The van der Waals surface area contributed by atoms with Crippen molar-refractivity contribution in [1.29, 1.82) is 5.26 Å². The summed E-state index contributed by atoms with van der Waals surface area (Å²) in [6.07, 6.45) is 9.79. The molecule has 5 nitrogen and oxygen atoms in total. The molecule has 3 aromatic rings. The molecule has 1 saturated carbocycles. The van der Waals surface area contributed by atoms with Crippen molar-refractivity contribution in [2.75, 3.05) is 5.73 Å². The van der Waals surface area contributed by atoms with Crippen molar-refractivity contribution < 1.29 is 8.42 Å². The van der Waals surface area contributed by atoms with E-state index in [0.717, 1.165) is 23.0 Å². The second kappa shape index (κ2) is 8.37. The summed E-state index contributed by atoms with van der Waals surface area (Å²) < 4.78 is 28.2. The predicted octanol–water partition coefficient (Wildman–Crippen LogP) is 5.14. The third kappa shape index (κ3) is 3.99. The van der Waals surface area contributed by atoms with Crippen molar-refractivity contribution >= 4 is 32.5 Å². The summed E-state index contributed by atoms with van der Waals surface area (Å²) in [6.45, 7) is 0.918. The highest BCUT2D eigenvalue weighted by Gasteiger charge is 2.22. The Bertz CT molecular complexity index is 1230. The number of para-hydroxylation sites is 1. The van der Waals surface area contributed by atoms with Crippen molar-refractivity contribution in [3.05, 3.63) is 65.2 Å². The molecule has 154 valence electrons. The molecule has 1 heterocycles. The number of aromatic nitrogens is 1. The number of nitrogens with two attached hydrogens (primary N) is 1. The van der Waals surface area contributed by atoms with Gasteiger partial charge in [0.15, 0.2) is 0 Å². The zero-order valence-corrected chi connectivity index (χ0v) is 17.6. The summed E-state index contributed by atoms with van der Waals surface area (Å²) in [4.78, 5) is -0.205. The Kier molecular flexibility index (Phi) is 5.65. The van der Waals surface area contributed by atoms with E-state index in [4.69, 9.17) is 5.73 Å². The molecule has 0 saturated heterocycles. The first-order chi connectivity index (χ1) is 14.5. The second-order valence-electron chi connectivity index (χ2n) is 7.95. The van der Waals surface area contributed by atoms with Gasteiger partial charge in [0, 0.05) is 34.9 Å². The lowest BCUT2D eigenvalue weighted by Crippen LogP contribution is -2.13. The van der Waals surface area contributed by atoms with Crippen LogP contribution in [0.4, 0.5) is 5.69 Å². The lowest BCUT2D eigenvalue weighted by atomic mass is 9.89. The van der Waals surface area contributed by atoms with Gasteiger partial charge in [-0.3, -0.25) is 0 Å². The SMILES string of the molecule is N#C/C(=C\c1cn(CC2CCCCC2)c2ccccc12)S(=O)(=O)c1ccc(N)cc1. The van der Waals surface area contributed by atoms with Crippen molar-refractivity contribution in [3.63, 3.8) is 0 Å². The van der Waals surface area contributed by atoms with Gasteiger partial charge in [-0.05, 0) is 55.2 Å². The van der Waals surface area contributed by atoms with Crippen molar-refractivity contribution in [3.8, 4) is 6.07 Å². The Morgan fingerprint density at radius 2 is 1.80 bits per heavy atom. The minimum atomic E-state index is -3.92. The fourth-order valence-electron chi connectivity index (χ4n) is 4.27. The molecule has 0 unspecified atom stereocenters. The Morgan fingerprint density at radius 3 is 2.50 bits per heavy atom. The van der Waals surface area contributed by atoms with E-state index in [2.05, 4.69) is 10.6 Å². The van der Waals surface area contributed by atoms with Crippen LogP contribution < -0.4 is 5.73 Å². The minimum absolute atomic E-state index is 0.0652. The molecule has 30 heavy (non-hydrogen) atoms. The molecule has 0 atom stereocenters. The van der Waals surface area contributed by atoms with Gasteiger partial charge in [0.2, 0.25) is 9.84 Å². The van der Waals surface area contributed by atoms with Gasteiger partial charge in [-0.15, -0.1) is 0 Å². The van der Waals surface area contributed by atoms with Crippen LogP contribution in [0.2, 0.25) is 0 Å². The zero-order chi connectivity index (χ0) is 21.1. The molecule has 1 aromatic heterocycles. The van der Waals surface area contributed by atoms with Gasteiger partial charge < -0.3 is 10.3 Å². The monoisotopic (exact) mass is 419 g/mol. The van der Waals surface area contributed by atoms with E-state index >= 15 is 0 Å². The van der Waals surface area contributed by atoms with E-state index in [-0.39, 0.29) is 9.80 Å². The number of sulfone groups is 1. The second-order valence-corrected chi connectivity index (χ2v) is 9.87. The summed E-state index contributed by atoms with van der Waals surface area (Å²) >= 11 is 0. The molecule has 0 spiro atoms. The summed E-state index contributed by atoms with van der Waals surface area (Å²) in [5, 5.41) is 10.6. The van der Waals surface area contributed by atoms with Crippen molar-refractivity contribution in [2.24, 2.45) is 5.92 Å². The maximum Gasteiger partial charge on any atom is 0.216 e.